The van der Waals surface area contributed by atoms with Crippen LogP contribution in [0.3, 0.4) is 0 Å². The standard InChI is InChI=1S/C16H12BrN5O3/c17-13-3-1-2-4-14(13)19-15(23)9-25-16(24)11-5-7-12(8-6-11)22-10-18-20-21-22/h1-8,10H,9H2,(H,19,23). The van der Waals surface area contributed by atoms with Crippen LogP contribution in [0.5, 0.6) is 0 Å². The Bertz CT molecular complexity index is 881. The average molecular weight is 402 g/mol. The largest absolute Gasteiger partial charge is 0.452 e. The quantitative estimate of drug-likeness (QED) is 0.658. The van der Waals surface area contributed by atoms with Gasteiger partial charge in [-0.3, -0.25) is 4.79 Å². The van der Waals surface area contributed by atoms with E-state index in [4.69, 9.17) is 4.74 Å². The molecule has 1 heterocycles. The molecule has 0 bridgehead atoms. The van der Waals surface area contributed by atoms with Crippen molar-refractivity contribution in [1.29, 1.82) is 0 Å². The minimum Gasteiger partial charge on any atom is -0.452 e. The van der Waals surface area contributed by atoms with Crippen LogP contribution in [0.25, 0.3) is 5.69 Å². The molecule has 9 heteroatoms. The Kier molecular flexibility index (Phi) is 5.14. The van der Waals surface area contributed by atoms with Gasteiger partial charge in [-0.15, -0.1) is 5.10 Å². The summed E-state index contributed by atoms with van der Waals surface area (Å²) in [4.78, 5) is 23.9. The van der Waals surface area contributed by atoms with Gasteiger partial charge in [-0.1, -0.05) is 12.1 Å². The summed E-state index contributed by atoms with van der Waals surface area (Å²) in [5.74, 6) is -1.02. The molecule has 0 aliphatic rings. The SMILES string of the molecule is O=C(COC(=O)c1ccc(-n2cnnn2)cc1)Nc1ccccc1Br. The van der Waals surface area contributed by atoms with E-state index in [0.29, 0.717) is 16.9 Å². The second kappa shape index (κ2) is 7.67. The summed E-state index contributed by atoms with van der Waals surface area (Å²) in [6.45, 7) is -0.380. The molecule has 1 N–H and O–H groups in total. The van der Waals surface area contributed by atoms with E-state index in [1.807, 2.05) is 6.07 Å². The number of nitrogens with one attached hydrogen (secondary N) is 1. The minimum atomic E-state index is -0.592. The Balaban J connectivity index is 1.55. The van der Waals surface area contributed by atoms with E-state index >= 15 is 0 Å². The van der Waals surface area contributed by atoms with Gasteiger partial charge in [0.2, 0.25) is 0 Å². The van der Waals surface area contributed by atoms with Gasteiger partial charge in [0.25, 0.3) is 5.91 Å². The molecule has 0 aliphatic heterocycles. The van der Waals surface area contributed by atoms with Gasteiger partial charge in [-0.05, 0) is 62.8 Å². The molecule has 0 atom stereocenters. The van der Waals surface area contributed by atoms with Crippen LogP contribution in [0, 0.1) is 0 Å². The molecule has 1 aromatic heterocycles. The van der Waals surface area contributed by atoms with Crippen LogP contribution < -0.4 is 5.32 Å². The molecule has 0 fully saturated rings. The maximum absolute atomic E-state index is 12.0. The van der Waals surface area contributed by atoms with Crippen molar-refractivity contribution in [3.63, 3.8) is 0 Å². The number of para-hydroxylation sites is 1. The first-order chi connectivity index (χ1) is 12.1. The summed E-state index contributed by atoms with van der Waals surface area (Å²) in [6.07, 6.45) is 1.44. The normalized spacial score (nSPS) is 10.3. The molecule has 2 aromatic carbocycles. The third kappa shape index (κ3) is 4.27. The highest BCUT2D eigenvalue weighted by Gasteiger charge is 2.11. The highest BCUT2D eigenvalue weighted by molar-refractivity contribution is 9.10. The number of aromatic nitrogens is 4. The number of ether oxygens (including phenoxy) is 1. The number of nitrogens with zero attached hydrogens (tertiary/aromatic N) is 4. The first-order valence-corrected chi connectivity index (χ1v) is 7.98. The maximum Gasteiger partial charge on any atom is 0.338 e. The van der Waals surface area contributed by atoms with Crippen LogP contribution >= 0.6 is 15.9 Å². The van der Waals surface area contributed by atoms with Crippen LogP contribution in [0.2, 0.25) is 0 Å². The molecule has 0 saturated heterocycles. The average Bonchev–Trinajstić information content (AvgIpc) is 3.16. The lowest BCUT2D eigenvalue weighted by atomic mass is 10.2. The van der Waals surface area contributed by atoms with Gasteiger partial charge in [-0.2, -0.15) is 0 Å². The van der Waals surface area contributed by atoms with Crippen molar-refractivity contribution in [2.45, 2.75) is 0 Å². The summed E-state index contributed by atoms with van der Waals surface area (Å²) in [5, 5.41) is 13.5. The summed E-state index contributed by atoms with van der Waals surface area (Å²) in [6, 6.07) is 13.7. The first kappa shape index (κ1) is 16.8. The van der Waals surface area contributed by atoms with E-state index in [9.17, 15) is 9.59 Å². The fourth-order valence-electron chi connectivity index (χ4n) is 1.99. The predicted molar refractivity (Wildman–Crippen MR) is 92.2 cm³/mol. The van der Waals surface area contributed by atoms with Crippen LogP contribution in [0.1, 0.15) is 10.4 Å². The lowest BCUT2D eigenvalue weighted by molar-refractivity contribution is -0.119. The molecule has 3 aromatic rings. The number of carbonyl (C=O) groups is 2. The van der Waals surface area contributed by atoms with Crippen LogP contribution in [-0.4, -0.2) is 38.7 Å². The molecule has 1 amide bonds. The summed E-state index contributed by atoms with van der Waals surface area (Å²) < 4.78 is 7.22. The van der Waals surface area contributed by atoms with E-state index in [-0.39, 0.29) is 6.61 Å². The molecule has 25 heavy (non-hydrogen) atoms. The molecular formula is C16H12BrN5O3. The Hall–Kier alpha value is -3.07. The molecule has 126 valence electrons. The number of rotatable bonds is 5. The lowest BCUT2D eigenvalue weighted by Gasteiger charge is -2.08. The van der Waals surface area contributed by atoms with Gasteiger partial charge in [-0.25, -0.2) is 9.48 Å². The topological polar surface area (TPSA) is 99.0 Å². The van der Waals surface area contributed by atoms with Crippen LogP contribution in [0.4, 0.5) is 5.69 Å². The van der Waals surface area contributed by atoms with E-state index in [1.54, 1.807) is 42.5 Å². The predicted octanol–water partition coefficient (Wildman–Crippen LogP) is 2.22. The van der Waals surface area contributed by atoms with E-state index in [2.05, 4.69) is 36.8 Å². The molecule has 3 rings (SSSR count). The summed E-state index contributed by atoms with van der Waals surface area (Å²) in [7, 11) is 0. The van der Waals surface area contributed by atoms with Gasteiger partial charge in [0.05, 0.1) is 16.9 Å². The van der Waals surface area contributed by atoms with Gasteiger partial charge >= 0.3 is 5.97 Å². The third-order valence-electron chi connectivity index (χ3n) is 3.20. The van der Waals surface area contributed by atoms with Crippen molar-refractivity contribution in [2.24, 2.45) is 0 Å². The second-order valence-corrected chi connectivity index (χ2v) is 5.76. The van der Waals surface area contributed by atoms with Gasteiger partial charge in [0.1, 0.15) is 6.33 Å². The van der Waals surface area contributed by atoms with E-state index < -0.39 is 11.9 Å². The number of benzene rings is 2. The molecule has 0 saturated carbocycles. The molecule has 0 unspecified atom stereocenters. The highest BCUT2D eigenvalue weighted by Crippen LogP contribution is 2.21. The fourth-order valence-corrected chi connectivity index (χ4v) is 2.38. The van der Waals surface area contributed by atoms with Gasteiger partial charge < -0.3 is 10.1 Å². The Morgan fingerprint density at radius 2 is 1.88 bits per heavy atom. The number of amides is 1. The molecule has 0 radical (unpaired) electrons. The third-order valence-corrected chi connectivity index (χ3v) is 3.89. The second-order valence-electron chi connectivity index (χ2n) is 4.91. The highest BCUT2D eigenvalue weighted by atomic mass is 79.9. The van der Waals surface area contributed by atoms with Crippen molar-refractivity contribution >= 4 is 33.5 Å². The van der Waals surface area contributed by atoms with E-state index in [0.717, 1.165) is 4.47 Å². The number of hydrogen-bond donors (Lipinski definition) is 1. The molecule has 0 spiro atoms. The smallest absolute Gasteiger partial charge is 0.338 e. The Labute approximate surface area is 150 Å². The van der Waals surface area contributed by atoms with Crippen molar-refractivity contribution in [3.8, 4) is 5.69 Å². The van der Waals surface area contributed by atoms with Gasteiger partial charge in [0.15, 0.2) is 6.61 Å². The zero-order valence-corrected chi connectivity index (χ0v) is 14.4. The van der Waals surface area contributed by atoms with Crippen LogP contribution in [-0.2, 0) is 9.53 Å². The Morgan fingerprint density at radius 3 is 2.56 bits per heavy atom. The molecular weight excluding hydrogens is 390 g/mol. The molecule has 8 nitrogen and oxygen atoms in total. The van der Waals surface area contributed by atoms with Crippen molar-refractivity contribution < 1.29 is 14.3 Å². The van der Waals surface area contributed by atoms with Crippen molar-refractivity contribution in [1.82, 2.24) is 20.2 Å². The Morgan fingerprint density at radius 1 is 1.12 bits per heavy atom. The van der Waals surface area contributed by atoms with Crippen molar-refractivity contribution in [3.05, 3.63) is 64.9 Å². The number of esters is 1. The zero-order valence-electron chi connectivity index (χ0n) is 12.8. The number of tetrazole rings is 1. The summed E-state index contributed by atoms with van der Waals surface area (Å²) in [5.41, 5.74) is 1.63. The fraction of sp³-hybridized carbons (Fsp3) is 0.0625. The maximum atomic E-state index is 12.0. The van der Waals surface area contributed by atoms with Gasteiger partial charge in [0, 0.05) is 4.47 Å². The van der Waals surface area contributed by atoms with Crippen LogP contribution in [0.15, 0.2) is 59.3 Å². The number of halogens is 1. The monoisotopic (exact) mass is 401 g/mol. The number of anilines is 1. The lowest BCUT2D eigenvalue weighted by Crippen LogP contribution is -2.21. The first-order valence-electron chi connectivity index (χ1n) is 7.18. The molecule has 0 aliphatic carbocycles. The van der Waals surface area contributed by atoms with E-state index in [1.165, 1.54) is 11.0 Å². The van der Waals surface area contributed by atoms with Crippen molar-refractivity contribution in [2.75, 3.05) is 11.9 Å². The summed E-state index contributed by atoms with van der Waals surface area (Å²) >= 11 is 3.33. The number of hydrogen-bond acceptors (Lipinski definition) is 6. The minimum absolute atomic E-state index is 0.325. The zero-order chi connectivity index (χ0) is 17.6. The number of carbonyl (C=O) groups excluding carboxylic acids is 2.